The van der Waals surface area contributed by atoms with E-state index in [4.69, 9.17) is 11.6 Å². The maximum Gasteiger partial charge on any atom is 0.293 e. The molecule has 0 aliphatic carbocycles. The van der Waals surface area contributed by atoms with Crippen LogP contribution in [0.1, 0.15) is 44.1 Å². The van der Waals surface area contributed by atoms with E-state index in [0.717, 1.165) is 5.69 Å². The van der Waals surface area contributed by atoms with Gasteiger partial charge in [0.25, 0.3) is 5.91 Å². The van der Waals surface area contributed by atoms with E-state index < -0.39 is 0 Å². The van der Waals surface area contributed by atoms with Crippen LogP contribution in [-0.4, -0.2) is 38.7 Å². The lowest BCUT2D eigenvalue weighted by Gasteiger charge is -2.25. The zero-order valence-electron chi connectivity index (χ0n) is 15.0. The van der Waals surface area contributed by atoms with Gasteiger partial charge in [0.05, 0.1) is 5.69 Å². The quantitative estimate of drug-likeness (QED) is 0.793. The number of benzene rings is 1. The SMILES string of the molecule is Cc1nc(C(=O)N(CC(C)C)CC(C)C)nn1-c1ccc(Cl)cc1. The van der Waals surface area contributed by atoms with Gasteiger partial charge in [-0.15, -0.1) is 5.10 Å². The van der Waals surface area contributed by atoms with Gasteiger partial charge in [-0.2, -0.15) is 0 Å². The Hall–Kier alpha value is -1.88. The van der Waals surface area contributed by atoms with Crippen molar-refractivity contribution in [1.82, 2.24) is 19.7 Å². The van der Waals surface area contributed by atoms with E-state index in [2.05, 4.69) is 37.8 Å². The second-order valence-electron chi connectivity index (χ2n) is 6.87. The molecule has 1 heterocycles. The van der Waals surface area contributed by atoms with Crippen molar-refractivity contribution in [2.75, 3.05) is 13.1 Å². The zero-order chi connectivity index (χ0) is 17.9. The molecule has 0 unspecified atom stereocenters. The molecule has 0 bridgehead atoms. The van der Waals surface area contributed by atoms with E-state index in [1.165, 1.54) is 0 Å². The summed E-state index contributed by atoms with van der Waals surface area (Å²) in [5.41, 5.74) is 0.836. The molecule has 1 aromatic heterocycles. The van der Waals surface area contributed by atoms with Gasteiger partial charge in [-0.25, -0.2) is 9.67 Å². The minimum atomic E-state index is -0.117. The van der Waals surface area contributed by atoms with Gasteiger partial charge in [0.1, 0.15) is 5.82 Å². The Morgan fingerprint density at radius 2 is 1.67 bits per heavy atom. The molecule has 0 fully saturated rings. The number of hydrogen-bond acceptors (Lipinski definition) is 3. The fourth-order valence-electron chi connectivity index (χ4n) is 2.57. The summed E-state index contributed by atoms with van der Waals surface area (Å²) >= 11 is 5.93. The number of halogens is 1. The summed E-state index contributed by atoms with van der Waals surface area (Å²) in [4.78, 5) is 19.0. The highest BCUT2D eigenvalue weighted by molar-refractivity contribution is 6.30. The number of aryl methyl sites for hydroxylation is 1. The summed E-state index contributed by atoms with van der Waals surface area (Å²) in [6, 6.07) is 7.31. The monoisotopic (exact) mass is 348 g/mol. The third kappa shape index (κ3) is 4.57. The van der Waals surface area contributed by atoms with Crippen LogP contribution < -0.4 is 0 Å². The molecule has 0 N–H and O–H groups in total. The van der Waals surface area contributed by atoms with Crippen molar-refractivity contribution >= 4 is 17.5 Å². The van der Waals surface area contributed by atoms with E-state index in [9.17, 15) is 4.79 Å². The predicted octanol–water partition coefficient (Wildman–Crippen LogP) is 3.98. The summed E-state index contributed by atoms with van der Waals surface area (Å²) in [6.07, 6.45) is 0. The Kier molecular flexibility index (Phi) is 5.99. The van der Waals surface area contributed by atoms with E-state index in [1.54, 1.807) is 16.8 Å². The molecule has 1 amide bonds. The average molecular weight is 349 g/mol. The standard InChI is InChI=1S/C18H25ClN4O/c1-12(2)10-22(11-13(3)4)18(24)17-20-14(5)23(21-17)16-8-6-15(19)7-9-16/h6-9,12-13H,10-11H2,1-5H3. The van der Waals surface area contributed by atoms with E-state index >= 15 is 0 Å². The van der Waals surface area contributed by atoms with Crippen LogP contribution in [0.4, 0.5) is 0 Å². The topological polar surface area (TPSA) is 51.0 Å². The highest BCUT2D eigenvalue weighted by Gasteiger charge is 2.23. The van der Waals surface area contributed by atoms with Crippen LogP contribution >= 0.6 is 11.6 Å². The number of rotatable bonds is 6. The Labute approximate surface area is 148 Å². The van der Waals surface area contributed by atoms with Crippen molar-refractivity contribution < 1.29 is 4.79 Å². The van der Waals surface area contributed by atoms with Gasteiger partial charge in [0, 0.05) is 18.1 Å². The van der Waals surface area contributed by atoms with Gasteiger partial charge >= 0.3 is 0 Å². The normalized spacial score (nSPS) is 11.3. The molecule has 24 heavy (non-hydrogen) atoms. The van der Waals surface area contributed by atoms with Crippen LogP contribution in [0.2, 0.25) is 5.02 Å². The molecule has 0 aliphatic rings. The van der Waals surface area contributed by atoms with Crippen molar-refractivity contribution in [3.63, 3.8) is 0 Å². The van der Waals surface area contributed by atoms with Crippen LogP contribution in [0, 0.1) is 18.8 Å². The molecule has 0 aliphatic heterocycles. The minimum Gasteiger partial charge on any atom is -0.335 e. The summed E-state index contributed by atoms with van der Waals surface area (Å²) in [6.45, 7) is 11.7. The summed E-state index contributed by atoms with van der Waals surface area (Å²) in [5, 5.41) is 5.08. The lowest BCUT2D eigenvalue weighted by Crippen LogP contribution is -2.37. The number of carbonyl (C=O) groups is 1. The fourth-order valence-corrected chi connectivity index (χ4v) is 2.70. The molecule has 1 aromatic carbocycles. The summed E-state index contributed by atoms with van der Waals surface area (Å²) in [7, 11) is 0. The Morgan fingerprint density at radius 3 is 2.17 bits per heavy atom. The Bertz CT molecular complexity index is 682. The molecular formula is C18H25ClN4O. The number of carbonyl (C=O) groups excluding carboxylic acids is 1. The predicted molar refractivity (Wildman–Crippen MR) is 96.7 cm³/mol. The van der Waals surface area contributed by atoms with Gasteiger partial charge in [-0.3, -0.25) is 4.79 Å². The largest absolute Gasteiger partial charge is 0.335 e. The first kappa shape index (κ1) is 18.5. The number of amides is 1. The highest BCUT2D eigenvalue weighted by atomic mass is 35.5. The van der Waals surface area contributed by atoms with Gasteiger partial charge in [0.2, 0.25) is 5.82 Å². The minimum absolute atomic E-state index is 0.117. The molecule has 6 heteroatoms. The Balaban J connectivity index is 2.29. The molecule has 2 rings (SSSR count). The van der Waals surface area contributed by atoms with Gasteiger partial charge in [-0.1, -0.05) is 39.3 Å². The van der Waals surface area contributed by atoms with Crippen molar-refractivity contribution in [2.45, 2.75) is 34.6 Å². The van der Waals surface area contributed by atoms with E-state index in [-0.39, 0.29) is 11.7 Å². The maximum absolute atomic E-state index is 12.8. The van der Waals surface area contributed by atoms with Gasteiger partial charge < -0.3 is 4.90 Å². The molecule has 0 saturated heterocycles. The van der Waals surface area contributed by atoms with Crippen molar-refractivity contribution in [2.24, 2.45) is 11.8 Å². The smallest absolute Gasteiger partial charge is 0.293 e. The average Bonchev–Trinajstić information content (AvgIpc) is 2.87. The van der Waals surface area contributed by atoms with Crippen molar-refractivity contribution in [1.29, 1.82) is 0 Å². The number of nitrogens with zero attached hydrogens (tertiary/aromatic N) is 4. The fraction of sp³-hybridized carbons (Fsp3) is 0.500. The first-order valence-electron chi connectivity index (χ1n) is 8.26. The summed E-state index contributed by atoms with van der Waals surface area (Å²) < 4.78 is 1.67. The van der Waals surface area contributed by atoms with E-state index in [0.29, 0.717) is 35.8 Å². The molecule has 0 atom stereocenters. The second-order valence-corrected chi connectivity index (χ2v) is 7.31. The molecule has 0 spiro atoms. The number of hydrogen-bond donors (Lipinski definition) is 0. The van der Waals surface area contributed by atoms with Crippen LogP contribution in [-0.2, 0) is 0 Å². The van der Waals surface area contributed by atoms with Gasteiger partial charge in [-0.05, 0) is 43.0 Å². The van der Waals surface area contributed by atoms with Crippen LogP contribution in [0.15, 0.2) is 24.3 Å². The molecular weight excluding hydrogens is 324 g/mol. The lowest BCUT2D eigenvalue weighted by molar-refractivity contribution is 0.0702. The molecule has 5 nitrogen and oxygen atoms in total. The van der Waals surface area contributed by atoms with Crippen molar-refractivity contribution in [3.05, 3.63) is 40.9 Å². The number of aromatic nitrogens is 3. The molecule has 0 radical (unpaired) electrons. The molecule has 130 valence electrons. The molecule has 2 aromatic rings. The Morgan fingerprint density at radius 1 is 1.12 bits per heavy atom. The summed E-state index contributed by atoms with van der Waals surface area (Å²) in [5.74, 6) is 1.59. The lowest BCUT2D eigenvalue weighted by atomic mass is 10.1. The third-order valence-corrected chi connectivity index (χ3v) is 3.74. The third-order valence-electron chi connectivity index (χ3n) is 3.49. The van der Waals surface area contributed by atoms with Crippen LogP contribution in [0.3, 0.4) is 0 Å². The molecule has 0 saturated carbocycles. The first-order valence-corrected chi connectivity index (χ1v) is 8.64. The highest BCUT2D eigenvalue weighted by Crippen LogP contribution is 2.15. The van der Waals surface area contributed by atoms with Crippen molar-refractivity contribution in [3.8, 4) is 5.69 Å². The zero-order valence-corrected chi connectivity index (χ0v) is 15.7. The van der Waals surface area contributed by atoms with Crippen LogP contribution in [0.25, 0.3) is 5.69 Å². The second kappa shape index (κ2) is 7.79. The van der Waals surface area contributed by atoms with Gasteiger partial charge in [0.15, 0.2) is 0 Å². The van der Waals surface area contributed by atoms with E-state index in [1.807, 2.05) is 24.0 Å². The first-order chi connectivity index (χ1) is 11.3. The maximum atomic E-state index is 12.8. The van der Waals surface area contributed by atoms with Crippen LogP contribution in [0.5, 0.6) is 0 Å².